The predicted molar refractivity (Wildman–Crippen MR) is 74.5 cm³/mol. The minimum absolute atomic E-state index is 0.435. The Morgan fingerprint density at radius 1 is 1.10 bits per heavy atom. The van der Waals surface area contributed by atoms with Crippen LogP contribution < -0.4 is 5.32 Å². The van der Waals surface area contributed by atoms with Gasteiger partial charge >= 0.3 is 6.18 Å². The third kappa shape index (κ3) is 3.04. The topological polar surface area (TPSA) is 29.9 Å². The molecule has 21 heavy (non-hydrogen) atoms. The van der Waals surface area contributed by atoms with Crippen molar-refractivity contribution in [2.24, 2.45) is 0 Å². The number of benzene rings is 1. The first-order valence-corrected chi connectivity index (χ1v) is 7.01. The summed E-state index contributed by atoms with van der Waals surface area (Å²) >= 11 is 0. The van der Waals surface area contributed by atoms with E-state index < -0.39 is 11.7 Å². The maximum atomic E-state index is 12.5. The Morgan fingerprint density at radius 2 is 1.76 bits per heavy atom. The van der Waals surface area contributed by atoms with Crippen molar-refractivity contribution in [1.29, 1.82) is 0 Å². The van der Waals surface area contributed by atoms with Crippen LogP contribution in [0.1, 0.15) is 37.3 Å². The van der Waals surface area contributed by atoms with Crippen molar-refractivity contribution in [3.63, 3.8) is 0 Å². The Bertz CT molecular complexity index is 595. The molecule has 1 N–H and O–H groups in total. The fourth-order valence-corrected chi connectivity index (χ4v) is 2.76. The van der Waals surface area contributed by atoms with Crippen LogP contribution in [0.4, 0.5) is 24.8 Å². The Labute approximate surface area is 120 Å². The molecule has 112 valence electrons. The summed E-state index contributed by atoms with van der Waals surface area (Å²) in [5.74, 6) is 0.682. The molecule has 1 fully saturated rings. The van der Waals surface area contributed by atoms with Crippen molar-refractivity contribution in [3.05, 3.63) is 42.2 Å². The Kier molecular flexibility index (Phi) is 3.61. The van der Waals surface area contributed by atoms with Crippen LogP contribution in [0.25, 0.3) is 0 Å². The van der Waals surface area contributed by atoms with Crippen LogP contribution in [0.3, 0.4) is 0 Å². The van der Waals surface area contributed by atoms with Crippen molar-refractivity contribution in [3.8, 4) is 0 Å². The van der Waals surface area contributed by atoms with Crippen molar-refractivity contribution in [1.82, 2.24) is 9.55 Å². The summed E-state index contributed by atoms with van der Waals surface area (Å²) in [5, 5.41) is 3.09. The highest BCUT2D eigenvalue weighted by atomic mass is 19.4. The number of imidazole rings is 1. The number of anilines is 2. The first kappa shape index (κ1) is 14.0. The molecule has 0 spiro atoms. The summed E-state index contributed by atoms with van der Waals surface area (Å²) in [5.41, 5.74) is -0.0411. The highest BCUT2D eigenvalue weighted by Gasteiger charge is 2.30. The summed E-state index contributed by atoms with van der Waals surface area (Å²) in [4.78, 5) is 4.26. The first-order valence-electron chi connectivity index (χ1n) is 7.01. The van der Waals surface area contributed by atoms with Crippen LogP contribution in [-0.2, 0) is 6.18 Å². The molecule has 2 aromatic rings. The second-order valence-electron chi connectivity index (χ2n) is 5.30. The van der Waals surface area contributed by atoms with Gasteiger partial charge in [0.25, 0.3) is 0 Å². The van der Waals surface area contributed by atoms with E-state index in [2.05, 4.69) is 14.9 Å². The van der Waals surface area contributed by atoms with Gasteiger partial charge in [0.1, 0.15) is 0 Å². The largest absolute Gasteiger partial charge is 0.416 e. The van der Waals surface area contributed by atoms with Gasteiger partial charge in [-0.2, -0.15) is 13.2 Å². The lowest BCUT2D eigenvalue weighted by Crippen LogP contribution is -2.08. The number of aromatic nitrogens is 2. The average Bonchev–Trinajstić information content (AvgIpc) is 3.08. The van der Waals surface area contributed by atoms with Gasteiger partial charge in [0.2, 0.25) is 5.95 Å². The summed E-state index contributed by atoms with van der Waals surface area (Å²) in [7, 11) is 0. The molecule has 1 aliphatic rings. The number of alkyl halides is 3. The van der Waals surface area contributed by atoms with Crippen LogP contribution in [0, 0.1) is 0 Å². The van der Waals surface area contributed by atoms with Gasteiger partial charge in [0.15, 0.2) is 0 Å². The molecule has 0 aliphatic heterocycles. The molecule has 0 amide bonds. The number of nitrogens with one attached hydrogen (secondary N) is 1. The molecule has 3 nitrogen and oxygen atoms in total. The normalized spacial score (nSPS) is 16.3. The number of rotatable bonds is 3. The highest BCUT2D eigenvalue weighted by molar-refractivity contribution is 5.54. The Hall–Kier alpha value is -1.98. The molecule has 1 saturated carbocycles. The molecule has 0 bridgehead atoms. The molecule has 0 saturated heterocycles. The van der Waals surface area contributed by atoms with Gasteiger partial charge in [-0.3, -0.25) is 0 Å². The van der Waals surface area contributed by atoms with Gasteiger partial charge in [0, 0.05) is 24.1 Å². The molecule has 0 unspecified atom stereocenters. The standard InChI is InChI=1S/C15H16F3N3/c16-15(17,18)11-5-7-12(8-6-11)20-14-19-9-10-21(14)13-3-1-2-4-13/h5-10,13H,1-4H2,(H,19,20). The van der Waals surface area contributed by atoms with E-state index in [9.17, 15) is 13.2 Å². The van der Waals surface area contributed by atoms with Crippen molar-refractivity contribution in [2.75, 3.05) is 5.32 Å². The van der Waals surface area contributed by atoms with E-state index in [1.54, 1.807) is 6.20 Å². The van der Waals surface area contributed by atoms with Crippen LogP contribution in [0.15, 0.2) is 36.7 Å². The number of halogens is 3. The van der Waals surface area contributed by atoms with Crippen LogP contribution >= 0.6 is 0 Å². The Morgan fingerprint density at radius 3 is 2.38 bits per heavy atom. The van der Waals surface area contributed by atoms with Crippen molar-refractivity contribution < 1.29 is 13.2 Å². The molecule has 0 radical (unpaired) electrons. The second kappa shape index (κ2) is 5.42. The molecule has 3 rings (SSSR count). The third-order valence-electron chi connectivity index (χ3n) is 3.86. The molecule has 1 heterocycles. The molecule has 1 aromatic heterocycles. The van der Waals surface area contributed by atoms with Gasteiger partial charge in [0.05, 0.1) is 5.56 Å². The van der Waals surface area contributed by atoms with E-state index in [0.717, 1.165) is 25.0 Å². The molecular weight excluding hydrogens is 279 g/mol. The van der Waals surface area contributed by atoms with Crippen molar-refractivity contribution >= 4 is 11.6 Å². The number of hydrogen-bond acceptors (Lipinski definition) is 2. The van der Waals surface area contributed by atoms with Crippen LogP contribution in [0.5, 0.6) is 0 Å². The monoisotopic (exact) mass is 295 g/mol. The maximum absolute atomic E-state index is 12.5. The summed E-state index contributed by atoms with van der Waals surface area (Å²) in [6.45, 7) is 0. The van der Waals surface area contributed by atoms with Gasteiger partial charge in [-0.25, -0.2) is 4.98 Å². The Balaban J connectivity index is 1.76. The van der Waals surface area contributed by atoms with E-state index in [1.807, 2.05) is 6.20 Å². The maximum Gasteiger partial charge on any atom is 0.416 e. The average molecular weight is 295 g/mol. The minimum atomic E-state index is -4.30. The molecular formula is C15H16F3N3. The SMILES string of the molecule is FC(F)(F)c1ccc(Nc2nccn2C2CCCC2)cc1. The van der Waals surface area contributed by atoms with Crippen LogP contribution in [0.2, 0.25) is 0 Å². The smallest absolute Gasteiger partial charge is 0.326 e. The lowest BCUT2D eigenvalue weighted by molar-refractivity contribution is -0.137. The van der Waals surface area contributed by atoms with Gasteiger partial charge < -0.3 is 9.88 Å². The summed E-state index contributed by atoms with van der Waals surface area (Å²) in [6, 6.07) is 5.44. The van der Waals surface area contributed by atoms with Gasteiger partial charge in [-0.05, 0) is 37.1 Å². The third-order valence-corrected chi connectivity index (χ3v) is 3.86. The lowest BCUT2D eigenvalue weighted by atomic mass is 10.2. The van der Waals surface area contributed by atoms with Gasteiger partial charge in [-0.15, -0.1) is 0 Å². The second-order valence-corrected chi connectivity index (χ2v) is 5.30. The lowest BCUT2D eigenvalue weighted by Gasteiger charge is -2.16. The van der Waals surface area contributed by atoms with Gasteiger partial charge in [-0.1, -0.05) is 12.8 Å². The van der Waals surface area contributed by atoms with Crippen LogP contribution in [-0.4, -0.2) is 9.55 Å². The van der Waals surface area contributed by atoms with E-state index in [4.69, 9.17) is 0 Å². The zero-order valence-electron chi connectivity index (χ0n) is 11.4. The molecule has 0 atom stereocenters. The fraction of sp³-hybridized carbons (Fsp3) is 0.400. The quantitative estimate of drug-likeness (QED) is 0.884. The number of hydrogen-bond donors (Lipinski definition) is 1. The fourth-order valence-electron chi connectivity index (χ4n) is 2.76. The number of nitrogens with zero attached hydrogens (tertiary/aromatic N) is 2. The predicted octanol–water partition coefficient (Wildman–Crippen LogP) is 4.76. The zero-order valence-corrected chi connectivity index (χ0v) is 11.4. The first-order chi connectivity index (χ1) is 10.0. The summed E-state index contributed by atoms with van der Waals surface area (Å²) in [6.07, 6.45) is 4.00. The van der Waals surface area contributed by atoms with E-state index in [0.29, 0.717) is 17.7 Å². The highest BCUT2D eigenvalue weighted by Crippen LogP contribution is 2.33. The van der Waals surface area contributed by atoms with E-state index in [1.165, 1.54) is 25.0 Å². The molecule has 1 aromatic carbocycles. The zero-order chi connectivity index (χ0) is 14.9. The molecule has 6 heteroatoms. The van der Waals surface area contributed by atoms with E-state index >= 15 is 0 Å². The minimum Gasteiger partial charge on any atom is -0.326 e. The van der Waals surface area contributed by atoms with E-state index in [-0.39, 0.29) is 0 Å². The van der Waals surface area contributed by atoms with Crippen molar-refractivity contribution in [2.45, 2.75) is 37.9 Å². The molecule has 1 aliphatic carbocycles. The summed E-state index contributed by atoms with van der Waals surface area (Å²) < 4.78 is 39.7.